The first-order valence-electron chi connectivity index (χ1n) is 5.30. The van der Waals surface area contributed by atoms with Crippen LogP contribution >= 0.6 is 23.2 Å². The van der Waals surface area contributed by atoms with E-state index in [9.17, 15) is 4.79 Å². The van der Waals surface area contributed by atoms with Gasteiger partial charge in [0.15, 0.2) is 0 Å². The summed E-state index contributed by atoms with van der Waals surface area (Å²) >= 11 is 11.7. The molecule has 2 rings (SSSR count). The summed E-state index contributed by atoms with van der Waals surface area (Å²) in [5, 5.41) is 9.78. The van der Waals surface area contributed by atoms with Gasteiger partial charge in [0, 0.05) is 10.4 Å². The van der Waals surface area contributed by atoms with Gasteiger partial charge in [0.25, 0.3) is 0 Å². The number of benzene rings is 1. The Kier molecular flexibility index (Phi) is 3.50. The Morgan fingerprint density at radius 2 is 2.12 bits per heavy atom. The molecule has 3 nitrogen and oxygen atoms in total. The molecule has 1 aliphatic carbocycles. The Bertz CT molecular complexity index is 441. The molecule has 0 spiro atoms. The maximum Gasteiger partial charge on any atom is 0.304 e. The van der Waals surface area contributed by atoms with E-state index in [0.717, 1.165) is 12.8 Å². The molecule has 1 N–H and O–H groups in total. The highest BCUT2D eigenvalue weighted by Gasteiger charge is 2.45. The molecule has 0 heterocycles. The largest absolute Gasteiger partial charge is 0.491 e. The van der Waals surface area contributed by atoms with E-state index < -0.39 is 5.97 Å². The molecule has 5 heteroatoms. The number of ether oxygens (including phenoxy) is 1. The van der Waals surface area contributed by atoms with Crippen LogP contribution in [0.3, 0.4) is 0 Å². The highest BCUT2D eigenvalue weighted by Crippen LogP contribution is 2.49. The number of rotatable bonds is 5. The molecule has 0 bridgehead atoms. The third-order valence-electron chi connectivity index (χ3n) is 2.91. The van der Waals surface area contributed by atoms with Crippen LogP contribution in [0.1, 0.15) is 19.3 Å². The van der Waals surface area contributed by atoms with Crippen molar-refractivity contribution in [2.24, 2.45) is 5.41 Å². The number of carboxylic acid groups (broad SMARTS) is 1. The molecule has 1 aliphatic rings. The Morgan fingerprint density at radius 1 is 1.41 bits per heavy atom. The normalized spacial score (nSPS) is 16.6. The topological polar surface area (TPSA) is 46.5 Å². The van der Waals surface area contributed by atoms with Crippen molar-refractivity contribution in [3.8, 4) is 5.75 Å². The zero-order valence-electron chi connectivity index (χ0n) is 9.08. The van der Waals surface area contributed by atoms with Crippen LogP contribution in [0, 0.1) is 5.41 Å². The van der Waals surface area contributed by atoms with Crippen molar-refractivity contribution >= 4 is 29.2 Å². The minimum absolute atomic E-state index is 0.151. The number of hydrogen-bond donors (Lipinski definition) is 1. The SMILES string of the molecule is O=C(O)CC1(COc2ccc(Cl)cc2Cl)CC1. The van der Waals surface area contributed by atoms with Gasteiger partial charge in [-0.05, 0) is 31.0 Å². The van der Waals surface area contributed by atoms with E-state index in [2.05, 4.69) is 0 Å². The quantitative estimate of drug-likeness (QED) is 0.892. The molecule has 0 atom stereocenters. The van der Waals surface area contributed by atoms with Gasteiger partial charge in [-0.3, -0.25) is 4.79 Å². The van der Waals surface area contributed by atoms with Crippen molar-refractivity contribution < 1.29 is 14.6 Å². The summed E-state index contributed by atoms with van der Waals surface area (Å²) in [4.78, 5) is 10.7. The second kappa shape index (κ2) is 4.75. The maximum atomic E-state index is 10.7. The number of carboxylic acids is 1. The van der Waals surface area contributed by atoms with Crippen LogP contribution in [-0.4, -0.2) is 17.7 Å². The van der Waals surface area contributed by atoms with E-state index in [0.29, 0.717) is 22.4 Å². The van der Waals surface area contributed by atoms with Crippen LogP contribution < -0.4 is 4.74 Å². The van der Waals surface area contributed by atoms with Crippen molar-refractivity contribution in [2.45, 2.75) is 19.3 Å². The molecular weight excluding hydrogens is 263 g/mol. The van der Waals surface area contributed by atoms with Gasteiger partial charge in [-0.25, -0.2) is 0 Å². The summed E-state index contributed by atoms with van der Waals surface area (Å²) in [6.07, 6.45) is 1.94. The Labute approximate surface area is 109 Å². The van der Waals surface area contributed by atoms with Crippen LogP contribution in [0.2, 0.25) is 10.0 Å². The van der Waals surface area contributed by atoms with Gasteiger partial charge >= 0.3 is 5.97 Å². The van der Waals surface area contributed by atoms with E-state index >= 15 is 0 Å². The summed E-state index contributed by atoms with van der Waals surface area (Å²) in [5.41, 5.74) is -0.200. The fourth-order valence-corrected chi connectivity index (χ4v) is 2.16. The Hall–Kier alpha value is -0.930. The lowest BCUT2D eigenvalue weighted by Crippen LogP contribution is -2.17. The maximum absolute atomic E-state index is 10.7. The van der Waals surface area contributed by atoms with E-state index in [1.165, 1.54) is 0 Å². The lowest BCUT2D eigenvalue weighted by atomic mass is 10.0. The summed E-state index contributed by atoms with van der Waals surface area (Å²) in [6.45, 7) is 0.390. The molecule has 0 radical (unpaired) electrons. The van der Waals surface area contributed by atoms with Gasteiger partial charge in [0.05, 0.1) is 18.1 Å². The molecular formula is C12H12Cl2O3. The van der Waals surface area contributed by atoms with Gasteiger partial charge in [-0.1, -0.05) is 23.2 Å². The third-order valence-corrected chi connectivity index (χ3v) is 3.44. The monoisotopic (exact) mass is 274 g/mol. The van der Waals surface area contributed by atoms with Crippen molar-refractivity contribution in [3.05, 3.63) is 28.2 Å². The first kappa shape index (κ1) is 12.5. The highest BCUT2D eigenvalue weighted by atomic mass is 35.5. The number of carbonyl (C=O) groups is 1. The predicted octanol–water partition coefficient (Wildman–Crippen LogP) is 3.63. The van der Waals surface area contributed by atoms with Crippen molar-refractivity contribution in [1.29, 1.82) is 0 Å². The second-order valence-corrected chi connectivity index (χ2v) is 5.28. The molecule has 0 aromatic heterocycles. The van der Waals surface area contributed by atoms with Crippen molar-refractivity contribution in [3.63, 3.8) is 0 Å². The molecule has 0 unspecified atom stereocenters. The first-order chi connectivity index (χ1) is 8.01. The van der Waals surface area contributed by atoms with E-state index in [4.69, 9.17) is 33.0 Å². The fourth-order valence-electron chi connectivity index (χ4n) is 1.69. The number of aliphatic carboxylic acids is 1. The van der Waals surface area contributed by atoms with Crippen molar-refractivity contribution in [2.75, 3.05) is 6.61 Å². The lowest BCUT2D eigenvalue weighted by Gasteiger charge is -2.14. The fraction of sp³-hybridized carbons (Fsp3) is 0.417. The van der Waals surface area contributed by atoms with Gasteiger partial charge in [-0.15, -0.1) is 0 Å². The third kappa shape index (κ3) is 3.27. The van der Waals surface area contributed by atoms with Crippen LogP contribution in [0.15, 0.2) is 18.2 Å². The average molecular weight is 275 g/mol. The van der Waals surface area contributed by atoms with Gasteiger partial charge < -0.3 is 9.84 Å². The molecule has 1 fully saturated rings. The van der Waals surface area contributed by atoms with Crippen molar-refractivity contribution in [1.82, 2.24) is 0 Å². The van der Waals surface area contributed by atoms with Crippen LogP contribution in [0.25, 0.3) is 0 Å². The predicted molar refractivity (Wildman–Crippen MR) is 65.9 cm³/mol. The van der Waals surface area contributed by atoms with Crippen LogP contribution in [0.4, 0.5) is 0 Å². The van der Waals surface area contributed by atoms with Gasteiger partial charge in [0.2, 0.25) is 0 Å². The molecule has 0 saturated heterocycles. The molecule has 0 aliphatic heterocycles. The highest BCUT2D eigenvalue weighted by molar-refractivity contribution is 6.35. The molecule has 1 saturated carbocycles. The number of hydrogen-bond acceptors (Lipinski definition) is 2. The average Bonchev–Trinajstić information content (AvgIpc) is 2.96. The smallest absolute Gasteiger partial charge is 0.304 e. The lowest BCUT2D eigenvalue weighted by molar-refractivity contribution is -0.138. The first-order valence-corrected chi connectivity index (χ1v) is 6.06. The molecule has 1 aromatic carbocycles. The minimum atomic E-state index is -0.784. The summed E-state index contributed by atoms with van der Waals surface area (Å²) in [7, 11) is 0. The van der Waals surface area contributed by atoms with Crippen LogP contribution in [0.5, 0.6) is 5.75 Å². The Balaban J connectivity index is 1.96. The minimum Gasteiger partial charge on any atom is -0.491 e. The van der Waals surface area contributed by atoms with E-state index in [1.807, 2.05) is 0 Å². The molecule has 92 valence electrons. The van der Waals surface area contributed by atoms with Gasteiger partial charge in [-0.2, -0.15) is 0 Å². The second-order valence-electron chi connectivity index (χ2n) is 4.43. The zero-order valence-corrected chi connectivity index (χ0v) is 10.6. The standard InChI is InChI=1S/C12H12Cl2O3/c13-8-1-2-10(9(14)5-8)17-7-12(3-4-12)6-11(15)16/h1-2,5H,3-4,6-7H2,(H,15,16). The summed E-state index contributed by atoms with van der Waals surface area (Å²) < 4.78 is 5.57. The van der Waals surface area contributed by atoms with Gasteiger partial charge in [0.1, 0.15) is 5.75 Å². The summed E-state index contributed by atoms with van der Waals surface area (Å²) in [5.74, 6) is -0.235. The van der Waals surface area contributed by atoms with Crippen LogP contribution in [-0.2, 0) is 4.79 Å². The summed E-state index contributed by atoms with van der Waals surface area (Å²) in [6, 6.07) is 5.00. The Morgan fingerprint density at radius 3 is 2.65 bits per heavy atom. The zero-order chi connectivity index (χ0) is 12.5. The van der Waals surface area contributed by atoms with E-state index in [1.54, 1.807) is 18.2 Å². The molecule has 0 amide bonds. The number of halogens is 2. The van der Waals surface area contributed by atoms with E-state index in [-0.39, 0.29) is 11.8 Å². The molecule has 17 heavy (non-hydrogen) atoms. The molecule has 1 aromatic rings.